The Morgan fingerprint density at radius 3 is 2.58 bits per heavy atom. The molecule has 1 unspecified atom stereocenters. The van der Waals surface area contributed by atoms with Crippen LogP contribution in [0, 0.1) is 29.9 Å². The molecule has 1 atom stereocenters. The zero-order valence-electron chi connectivity index (χ0n) is 17.9. The molecule has 2 aliphatic rings. The first-order valence-corrected chi connectivity index (χ1v) is 10.1. The number of piperazine rings is 1. The number of nitrogens with one attached hydrogen (secondary N) is 1. The Hall–Kier alpha value is -4.01. The molecule has 172 valence electrons. The predicted molar refractivity (Wildman–Crippen MR) is 109 cm³/mol. The number of aromatic nitrogens is 1. The molecule has 4 rings (SSSR count). The highest BCUT2D eigenvalue weighted by atomic mass is 19.2. The van der Waals surface area contributed by atoms with E-state index in [-0.39, 0.29) is 24.3 Å². The third-order valence-corrected chi connectivity index (χ3v) is 5.81. The molecule has 4 amide bonds. The molecule has 33 heavy (non-hydrogen) atoms. The lowest BCUT2D eigenvalue weighted by Crippen LogP contribution is -2.52. The van der Waals surface area contributed by atoms with Gasteiger partial charge in [-0.3, -0.25) is 14.5 Å². The molecular formula is C21H20F2N6O4. The molecule has 1 aromatic carbocycles. The van der Waals surface area contributed by atoms with Gasteiger partial charge in [0.25, 0.3) is 5.91 Å². The summed E-state index contributed by atoms with van der Waals surface area (Å²) < 4.78 is 32.4. The number of carbonyl (C=O) groups is 3. The minimum Gasteiger partial charge on any atom is -0.424 e. The summed E-state index contributed by atoms with van der Waals surface area (Å²) in [7, 11) is 0. The number of oxazole rings is 1. The first-order chi connectivity index (χ1) is 15.6. The van der Waals surface area contributed by atoms with Gasteiger partial charge in [-0.1, -0.05) is 6.07 Å². The van der Waals surface area contributed by atoms with Crippen molar-refractivity contribution >= 4 is 23.7 Å². The van der Waals surface area contributed by atoms with E-state index in [0.29, 0.717) is 24.9 Å². The fourth-order valence-corrected chi connectivity index (χ4v) is 3.94. The van der Waals surface area contributed by atoms with Gasteiger partial charge in [-0.25, -0.2) is 18.6 Å². The molecule has 12 heteroatoms. The first kappa shape index (κ1) is 22.2. The average Bonchev–Trinajstić information content (AvgIpc) is 3.28. The number of benzene rings is 1. The summed E-state index contributed by atoms with van der Waals surface area (Å²) >= 11 is 0. The van der Waals surface area contributed by atoms with Crippen molar-refractivity contribution in [2.24, 2.45) is 0 Å². The van der Waals surface area contributed by atoms with Crippen molar-refractivity contribution in [2.45, 2.75) is 19.4 Å². The molecule has 10 nitrogen and oxygen atoms in total. The van der Waals surface area contributed by atoms with E-state index in [1.807, 2.05) is 6.07 Å². The lowest BCUT2D eigenvalue weighted by Gasteiger charge is -2.35. The molecule has 2 aromatic rings. The van der Waals surface area contributed by atoms with Crippen molar-refractivity contribution in [1.82, 2.24) is 20.1 Å². The highest BCUT2D eigenvalue weighted by molar-refractivity contribution is 6.09. The van der Waals surface area contributed by atoms with E-state index >= 15 is 0 Å². The van der Waals surface area contributed by atoms with Crippen LogP contribution in [0.2, 0.25) is 0 Å². The molecule has 2 fully saturated rings. The van der Waals surface area contributed by atoms with Crippen LogP contribution in [0.4, 0.5) is 19.5 Å². The van der Waals surface area contributed by atoms with Gasteiger partial charge in [-0.15, -0.1) is 0 Å². The van der Waals surface area contributed by atoms with E-state index < -0.39 is 41.6 Å². The van der Waals surface area contributed by atoms with E-state index in [4.69, 9.17) is 4.42 Å². The number of hydrogen-bond acceptors (Lipinski definition) is 7. The van der Waals surface area contributed by atoms with Crippen LogP contribution in [0.25, 0.3) is 0 Å². The maximum absolute atomic E-state index is 13.7. The van der Waals surface area contributed by atoms with Gasteiger partial charge in [0.05, 0.1) is 0 Å². The van der Waals surface area contributed by atoms with Crippen molar-refractivity contribution in [3.63, 3.8) is 0 Å². The lowest BCUT2D eigenvalue weighted by molar-refractivity contribution is -0.139. The molecular weight excluding hydrogens is 438 g/mol. The second kappa shape index (κ2) is 8.16. The molecule has 3 heterocycles. The SMILES string of the molecule is Cc1nc(C#N)c(N2CCN(C(=O)CN3C(=O)NC(C)(c4ccc(F)c(F)c4)C3=O)CC2)o1. The van der Waals surface area contributed by atoms with Gasteiger partial charge in [-0.05, 0) is 24.6 Å². The van der Waals surface area contributed by atoms with Gasteiger partial charge >= 0.3 is 6.03 Å². The number of anilines is 1. The van der Waals surface area contributed by atoms with Crippen LogP contribution in [0.3, 0.4) is 0 Å². The quantitative estimate of drug-likeness (QED) is 0.684. The maximum atomic E-state index is 13.7. The summed E-state index contributed by atoms with van der Waals surface area (Å²) in [6.07, 6.45) is 0. The number of nitrogens with zero attached hydrogens (tertiary/aromatic N) is 5. The molecule has 1 N–H and O–H groups in total. The van der Waals surface area contributed by atoms with Gasteiger partial charge in [0, 0.05) is 33.1 Å². The van der Waals surface area contributed by atoms with Crippen molar-refractivity contribution in [2.75, 3.05) is 37.6 Å². The lowest BCUT2D eigenvalue weighted by atomic mass is 9.92. The van der Waals surface area contributed by atoms with Crippen molar-refractivity contribution in [1.29, 1.82) is 5.26 Å². The second-order valence-corrected chi connectivity index (χ2v) is 7.94. The fraction of sp³-hybridized carbons (Fsp3) is 0.381. The van der Waals surface area contributed by atoms with Crippen molar-refractivity contribution < 1.29 is 27.6 Å². The molecule has 0 aliphatic carbocycles. The number of urea groups is 1. The Bertz CT molecular complexity index is 1180. The van der Waals surface area contributed by atoms with Gasteiger partial charge in [-0.2, -0.15) is 5.26 Å². The van der Waals surface area contributed by atoms with Gasteiger partial charge in [0.2, 0.25) is 17.5 Å². The van der Waals surface area contributed by atoms with E-state index in [1.54, 1.807) is 11.8 Å². The smallest absolute Gasteiger partial charge is 0.325 e. The van der Waals surface area contributed by atoms with E-state index in [0.717, 1.165) is 17.0 Å². The van der Waals surface area contributed by atoms with Crippen molar-refractivity contribution in [3.05, 3.63) is 47.0 Å². The standard InChI is InChI=1S/C21H20F2N6O4/c1-12-25-16(10-24)18(33-12)28-7-5-27(6-8-28)17(30)11-29-19(31)21(2,26-20(29)32)13-3-4-14(22)15(23)9-13/h3-4,9H,5-8,11H2,1-2H3,(H,26,32). The molecule has 2 saturated heterocycles. The Labute approximate surface area is 187 Å². The summed E-state index contributed by atoms with van der Waals surface area (Å²) in [6.45, 7) is 3.84. The minimum absolute atomic E-state index is 0.0685. The summed E-state index contributed by atoms with van der Waals surface area (Å²) in [5, 5.41) is 11.7. The largest absolute Gasteiger partial charge is 0.424 e. The topological polar surface area (TPSA) is 123 Å². The fourth-order valence-electron chi connectivity index (χ4n) is 3.94. The first-order valence-electron chi connectivity index (χ1n) is 10.1. The molecule has 2 aliphatic heterocycles. The van der Waals surface area contributed by atoms with Crippen LogP contribution < -0.4 is 10.2 Å². The summed E-state index contributed by atoms with van der Waals surface area (Å²) in [4.78, 5) is 46.3. The highest BCUT2D eigenvalue weighted by Gasteiger charge is 2.50. The molecule has 0 radical (unpaired) electrons. The summed E-state index contributed by atoms with van der Waals surface area (Å²) in [6, 6.07) is 4.10. The zero-order chi connectivity index (χ0) is 23.9. The summed E-state index contributed by atoms with van der Waals surface area (Å²) in [5.41, 5.74) is -1.38. The number of aryl methyl sites for hydroxylation is 1. The van der Waals surface area contributed by atoms with Crippen LogP contribution in [0.1, 0.15) is 24.1 Å². The Morgan fingerprint density at radius 2 is 1.94 bits per heavy atom. The number of imide groups is 1. The monoisotopic (exact) mass is 458 g/mol. The molecule has 0 spiro atoms. The van der Waals surface area contributed by atoms with Crippen LogP contribution in [-0.2, 0) is 15.1 Å². The second-order valence-electron chi connectivity index (χ2n) is 7.94. The average molecular weight is 458 g/mol. The number of nitriles is 1. The van der Waals surface area contributed by atoms with Crippen LogP contribution in [0.15, 0.2) is 22.6 Å². The van der Waals surface area contributed by atoms with Crippen molar-refractivity contribution in [3.8, 4) is 6.07 Å². The van der Waals surface area contributed by atoms with Gasteiger partial charge in [0.1, 0.15) is 18.2 Å². The maximum Gasteiger partial charge on any atom is 0.325 e. The third kappa shape index (κ3) is 3.86. The molecule has 0 saturated carbocycles. The summed E-state index contributed by atoms with van der Waals surface area (Å²) in [5.74, 6) is -2.69. The molecule has 0 bridgehead atoms. The van der Waals surface area contributed by atoms with Crippen LogP contribution in [0.5, 0.6) is 0 Å². The van der Waals surface area contributed by atoms with E-state index in [9.17, 15) is 28.4 Å². The molecule has 1 aromatic heterocycles. The zero-order valence-corrected chi connectivity index (χ0v) is 17.9. The van der Waals surface area contributed by atoms with E-state index in [1.165, 1.54) is 17.9 Å². The van der Waals surface area contributed by atoms with E-state index in [2.05, 4.69) is 10.3 Å². The Balaban J connectivity index is 1.41. The minimum atomic E-state index is -1.62. The highest BCUT2D eigenvalue weighted by Crippen LogP contribution is 2.30. The number of carbonyl (C=O) groups excluding carboxylic acids is 3. The van der Waals surface area contributed by atoms with Gasteiger partial charge in [0.15, 0.2) is 17.5 Å². The predicted octanol–water partition coefficient (Wildman–Crippen LogP) is 1.25. The number of halogens is 2. The number of hydrogen-bond donors (Lipinski definition) is 1. The number of amides is 4. The van der Waals surface area contributed by atoms with Crippen LogP contribution in [-0.4, -0.2) is 65.4 Å². The normalized spacial score (nSPS) is 20.8. The third-order valence-electron chi connectivity index (χ3n) is 5.81. The van der Waals surface area contributed by atoms with Crippen LogP contribution >= 0.6 is 0 Å². The Kier molecular flexibility index (Phi) is 5.49. The Morgan fingerprint density at radius 1 is 1.24 bits per heavy atom. The van der Waals surface area contributed by atoms with Gasteiger partial charge < -0.3 is 19.5 Å². The number of rotatable bonds is 4.